The van der Waals surface area contributed by atoms with Crippen LogP contribution in [0.15, 0.2) is 5.51 Å². The Hall–Kier alpha value is -0.450. The minimum Gasteiger partial charge on any atom is -0.396 e. The number of nitrogens with one attached hydrogen (secondary N) is 1. The van der Waals surface area contributed by atoms with E-state index in [0.29, 0.717) is 12.6 Å². The van der Waals surface area contributed by atoms with Crippen molar-refractivity contribution in [1.82, 2.24) is 10.3 Å². The molecule has 4 heteroatoms. The summed E-state index contributed by atoms with van der Waals surface area (Å²) >= 11 is 1.72. The average molecular weight is 242 g/mol. The number of thiazole rings is 1. The van der Waals surface area contributed by atoms with Gasteiger partial charge in [0.1, 0.15) is 0 Å². The predicted molar refractivity (Wildman–Crippen MR) is 68.8 cm³/mol. The minimum atomic E-state index is 0.323. The molecule has 3 nitrogen and oxygen atoms in total. The zero-order valence-corrected chi connectivity index (χ0v) is 11.0. The third kappa shape index (κ3) is 4.60. The zero-order valence-electron chi connectivity index (χ0n) is 10.2. The summed E-state index contributed by atoms with van der Waals surface area (Å²) < 4.78 is 0. The molecule has 0 aliphatic rings. The molecule has 0 aliphatic heterocycles. The van der Waals surface area contributed by atoms with Crippen molar-refractivity contribution >= 4 is 11.3 Å². The lowest BCUT2D eigenvalue weighted by molar-refractivity contribution is 0.282. The molecule has 0 saturated heterocycles. The molecule has 16 heavy (non-hydrogen) atoms. The summed E-state index contributed by atoms with van der Waals surface area (Å²) in [6.07, 6.45) is 4.44. The van der Waals surface area contributed by atoms with Crippen molar-refractivity contribution in [2.45, 2.75) is 45.6 Å². The van der Waals surface area contributed by atoms with Crippen molar-refractivity contribution in [1.29, 1.82) is 0 Å². The summed E-state index contributed by atoms with van der Waals surface area (Å²) in [5.74, 6) is 0. The fourth-order valence-corrected chi connectivity index (χ4v) is 2.56. The van der Waals surface area contributed by atoms with Gasteiger partial charge in [0, 0.05) is 17.5 Å². The Morgan fingerprint density at radius 2 is 2.12 bits per heavy atom. The SMILES string of the molecule is Cc1ncsc1C(C)NCCCCCCO. The first kappa shape index (κ1) is 13.6. The summed E-state index contributed by atoms with van der Waals surface area (Å²) in [7, 11) is 0. The zero-order chi connectivity index (χ0) is 11.8. The van der Waals surface area contributed by atoms with Crippen LogP contribution < -0.4 is 5.32 Å². The molecular formula is C12H22N2OS. The van der Waals surface area contributed by atoms with E-state index in [9.17, 15) is 0 Å². The molecule has 0 saturated carbocycles. The maximum atomic E-state index is 8.65. The van der Waals surface area contributed by atoms with Crippen molar-refractivity contribution in [2.75, 3.05) is 13.2 Å². The monoisotopic (exact) mass is 242 g/mol. The number of rotatable bonds is 8. The van der Waals surface area contributed by atoms with E-state index in [0.717, 1.165) is 25.1 Å². The third-order valence-electron chi connectivity index (χ3n) is 2.71. The second-order valence-electron chi connectivity index (χ2n) is 4.12. The fourth-order valence-electron chi connectivity index (χ4n) is 1.73. The molecule has 0 radical (unpaired) electrons. The lowest BCUT2D eigenvalue weighted by Crippen LogP contribution is -2.19. The fraction of sp³-hybridized carbons (Fsp3) is 0.750. The maximum absolute atomic E-state index is 8.65. The topological polar surface area (TPSA) is 45.2 Å². The second kappa shape index (κ2) is 7.76. The highest BCUT2D eigenvalue weighted by molar-refractivity contribution is 7.09. The number of aliphatic hydroxyl groups excluding tert-OH is 1. The Balaban J connectivity index is 2.11. The highest BCUT2D eigenvalue weighted by Crippen LogP contribution is 2.20. The molecule has 1 atom stereocenters. The van der Waals surface area contributed by atoms with Gasteiger partial charge >= 0.3 is 0 Å². The highest BCUT2D eigenvalue weighted by atomic mass is 32.1. The summed E-state index contributed by atoms with van der Waals surface area (Å²) in [5, 5.41) is 12.2. The van der Waals surface area contributed by atoms with Gasteiger partial charge in [-0.2, -0.15) is 0 Å². The van der Waals surface area contributed by atoms with Gasteiger partial charge in [-0.1, -0.05) is 12.8 Å². The van der Waals surface area contributed by atoms with Gasteiger partial charge in [-0.25, -0.2) is 4.98 Å². The number of nitrogens with zero attached hydrogens (tertiary/aromatic N) is 1. The van der Waals surface area contributed by atoms with Crippen molar-refractivity contribution in [2.24, 2.45) is 0 Å². The minimum absolute atomic E-state index is 0.323. The molecule has 1 aromatic heterocycles. The Morgan fingerprint density at radius 1 is 1.38 bits per heavy atom. The van der Waals surface area contributed by atoms with Gasteiger partial charge in [0.25, 0.3) is 0 Å². The summed E-state index contributed by atoms with van der Waals surface area (Å²) in [5.41, 5.74) is 3.05. The van der Waals surface area contributed by atoms with Crippen LogP contribution in [0.4, 0.5) is 0 Å². The largest absolute Gasteiger partial charge is 0.396 e. The Morgan fingerprint density at radius 3 is 2.75 bits per heavy atom. The van der Waals surface area contributed by atoms with Crippen LogP contribution in [0.5, 0.6) is 0 Å². The Bertz CT molecular complexity index is 288. The molecule has 0 spiro atoms. The van der Waals surface area contributed by atoms with Crippen molar-refractivity contribution in [3.8, 4) is 0 Å². The Kier molecular flexibility index (Phi) is 6.61. The van der Waals surface area contributed by atoms with E-state index in [1.807, 2.05) is 5.51 Å². The van der Waals surface area contributed by atoms with Crippen LogP contribution in [-0.2, 0) is 0 Å². The number of hydrogen-bond acceptors (Lipinski definition) is 4. The van der Waals surface area contributed by atoms with Crippen LogP contribution in [-0.4, -0.2) is 23.2 Å². The molecular weight excluding hydrogens is 220 g/mol. The van der Waals surface area contributed by atoms with Gasteiger partial charge in [-0.15, -0.1) is 11.3 Å². The summed E-state index contributed by atoms with van der Waals surface area (Å²) in [6.45, 7) is 5.62. The van der Waals surface area contributed by atoms with Crippen molar-refractivity contribution < 1.29 is 5.11 Å². The number of aromatic nitrogens is 1. The van der Waals surface area contributed by atoms with E-state index in [2.05, 4.69) is 24.1 Å². The third-order valence-corrected chi connectivity index (χ3v) is 3.83. The van der Waals surface area contributed by atoms with E-state index >= 15 is 0 Å². The lowest BCUT2D eigenvalue weighted by Gasteiger charge is -2.12. The first-order valence-electron chi connectivity index (χ1n) is 6.00. The van der Waals surface area contributed by atoms with Gasteiger partial charge < -0.3 is 10.4 Å². The number of aryl methyl sites for hydroxylation is 1. The van der Waals surface area contributed by atoms with Crippen LogP contribution >= 0.6 is 11.3 Å². The average Bonchev–Trinajstić information content (AvgIpc) is 2.69. The van der Waals surface area contributed by atoms with E-state index < -0.39 is 0 Å². The normalized spacial score (nSPS) is 12.9. The molecule has 1 heterocycles. The summed E-state index contributed by atoms with van der Waals surface area (Å²) in [4.78, 5) is 5.60. The molecule has 1 rings (SSSR count). The molecule has 0 fully saturated rings. The van der Waals surface area contributed by atoms with Crippen molar-refractivity contribution in [3.63, 3.8) is 0 Å². The Labute approximate surface area is 102 Å². The van der Waals surface area contributed by atoms with Gasteiger partial charge in [0.05, 0.1) is 11.2 Å². The van der Waals surface area contributed by atoms with Crippen molar-refractivity contribution in [3.05, 3.63) is 16.1 Å². The second-order valence-corrected chi connectivity index (χ2v) is 5.00. The number of unbranched alkanes of at least 4 members (excludes halogenated alkanes) is 3. The van der Waals surface area contributed by atoms with Crippen LogP contribution in [0, 0.1) is 6.92 Å². The van der Waals surface area contributed by atoms with Crippen LogP contribution in [0.3, 0.4) is 0 Å². The summed E-state index contributed by atoms with van der Waals surface area (Å²) in [6, 6.07) is 0.408. The molecule has 0 aromatic carbocycles. The molecule has 0 bridgehead atoms. The molecule has 0 aliphatic carbocycles. The number of aliphatic hydroxyl groups is 1. The van der Waals surface area contributed by atoms with E-state index in [4.69, 9.17) is 5.11 Å². The highest BCUT2D eigenvalue weighted by Gasteiger charge is 2.09. The lowest BCUT2D eigenvalue weighted by atomic mass is 10.2. The molecule has 1 aromatic rings. The first-order chi connectivity index (χ1) is 7.75. The van der Waals surface area contributed by atoms with Gasteiger partial charge in [0.15, 0.2) is 0 Å². The van der Waals surface area contributed by atoms with Gasteiger partial charge in [-0.05, 0) is 33.2 Å². The maximum Gasteiger partial charge on any atom is 0.0798 e. The molecule has 1 unspecified atom stereocenters. The van der Waals surface area contributed by atoms with Gasteiger partial charge in [0.2, 0.25) is 0 Å². The molecule has 92 valence electrons. The predicted octanol–water partition coefficient (Wildman–Crippen LogP) is 2.65. The van der Waals surface area contributed by atoms with E-state index in [1.165, 1.54) is 17.7 Å². The number of hydrogen-bond donors (Lipinski definition) is 2. The van der Waals surface area contributed by atoms with E-state index in [-0.39, 0.29) is 0 Å². The van der Waals surface area contributed by atoms with E-state index in [1.54, 1.807) is 11.3 Å². The smallest absolute Gasteiger partial charge is 0.0798 e. The van der Waals surface area contributed by atoms with Crippen LogP contribution in [0.1, 0.15) is 49.2 Å². The first-order valence-corrected chi connectivity index (χ1v) is 6.88. The molecule has 0 amide bonds. The molecule has 2 N–H and O–H groups in total. The van der Waals surface area contributed by atoms with Crippen LogP contribution in [0.2, 0.25) is 0 Å². The quantitative estimate of drug-likeness (QED) is 0.689. The van der Waals surface area contributed by atoms with Crippen LogP contribution in [0.25, 0.3) is 0 Å². The standard InChI is InChI=1S/C12H22N2OS/c1-10(12-11(2)14-9-16-12)13-7-5-3-4-6-8-15/h9-10,13,15H,3-8H2,1-2H3. The van der Waals surface area contributed by atoms with Gasteiger partial charge in [-0.3, -0.25) is 0 Å².